The van der Waals surface area contributed by atoms with E-state index in [4.69, 9.17) is 0 Å². The van der Waals surface area contributed by atoms with E-state index in [2.05, 4.69) is 30.2 Å². The molecule has 1 atom stereocenters. The molecule has 192 valence electrons. The number of nitrogens with one attached hydrogen (secondary N) is 1. The summed E-state index contributed by atoms with van der Waals surface area (Å²) < 4.78 is 121. The maximum Gasteiger partial charge on any atom is 0.433 e. The van der Waals surface area contributed by atoms with Crippen molar-refractivity contribution in [2.45, 2.75) is 30.9 Å². The first-order chi connectivity index (χ1) is 16.5. The SMILES string of the molecule is CC1(F)CN(c2nc(Nc3ccnc(C(F)(F)F)c3)nc(-c3cccc(C(F)(F)F)n3)n2)CC1(F)F. The number of hydrogen-bond donors (Lipinski definition) is 1. The molecule has 16 heteroatoms. The van der Waals surface area contributed by atoms with Crippen LogP contribution in [-0.2, 0) is 12.4 Å². The third-order valence-electron chi connectivity index (χ3n) is 5.12. The highest BCUT2D eigenvalue weighted by molar-refractivity contribution is 5.59. The van der Waals surface area contributed by atoms with Crippen LogP contribution in [0.3, 0.4) is 0 Å². The predicted octanol–water partition coefficient (Wildman–Crippen LogP) is 5.29. The normalized spacial score (nSPS) is 20.0. The largest absolute Gasteiger partial charge is 0.433 e. The Kier molecular flexibility index (Phi) is 5.95. The van der Waals surface area contributed by atoms with Gasteiger partial charge in [0.25, 0.3) is 5.92 Å². The number of anilines is 3. The van der Waals surface area contributed by atoms with Crippen molar-refractivity contribution in [1.82, 2.24) is 24.9 Å². The number of rotatable bonds is 4. The van der Waals surface area contributed by atoms with Crippen LogP contribution in [0.4, 0.5) is 57.1 Å². The lowest BCUT2D eigenvalue weighted by molar-refractivity contribution is -0.141. The molecule has 0 amide bonds. The fraction of sp³-hybridized carbons (Fsp3) is 0.350. The fourth-order valence-electron chi connectivity index (χ4n) is 3.26. The van der Waals surface area contributed by atoms with Crippen LogP contribution >= 0.6 is 0 Å². The van der Waals surface area contributed by atoms with Crippen molar-refractivity contribution < 1.29 is 39.5 Å². The van der Waals surface area contributed by atoms with Gasteiger partial charge in [0, 0.05) is 11.9 Å². The van der Waals surface area contributed by atoms with Crippen LogP contribution in [0.5, 0.6) is 0 Å². The second kappa shape index (κ2) is 8.44. The van der Waals surface area contributed by atoms with Crippen molar-refractivity contribution in [3.8, 4) is 11.5 Å². The number of alkyl halides is 9. The zero-order chi connectivity index (χ0) is 26.5. The maximum absolute atomic E-state index is 14.4. The Morgan fingerprint density at radius 2 is 1.56 bits per heavy atom. The Balaban J connectivity index is 1.79. The highest BCUT2D eigenvalue weighted by Crippen LogP contribution is 2.41. The van der Waals surface area contributed by atoms with Crippen LogP contribution < -0.4 is 10.2 Å². The van der Waals surface area contributed by atoms with Gasteiger partial charge in [-0.15, -0.1) is 0 Å². The van der Waals surface area contributed by atoms with Gasteiger partial charge in [-0.1, -0.05) is 6.07 Å². The first-order valence-corrected chi connectivity index (χ1v) is 9.98. The molecule has 0 bridgehead atoms. The third-order valence-corrected chi connectivity index (χ3v) is 5.12. The molecule has 1 saturated heterocycles. The average Bonchev–Trinajstić information content (AvgIpc) is 2.99. The van der Waals surface area contributed by atoms with Gasteiger partial charge >= 0.3 is 12.4 Å². The molecule has 1 unspecified atom stereocenters. The quantitative estimate of drug-likeness (QED) is 0.466. The van der Waals surface area contributed by atoms with Gasteiger partial charge in [0.05, 0.1) is 13.1 Å². The monoisotopic (exact) mass is 523 g/mol. The van der Waals surface area contributed by atoms with Gasteiger partial charge < -0.3 is 10.2 Å². The third kappa shape index (κ3) is 5.11. The van der Waals surface area contributed by atoms with Gasteiger partial charge in [0.2, 0.25) is 11.9 Å². The van der Waals surface area contributed by atoms with Gasteiger partial charge in [0.1, 0.15) is 17.1 Å². The van der Waals surface area contributed by atoms with E-state index < -0.39 is 71.8 Å². The Hall–Kier alpha value is -3.72. The molecule has 4 heterocycles. The van der Waals surface area contributed by atoms with Crippen molar-refractivity contribution in [2.24, 2.45) is 0 Å². The number of aromatic nitrogens is 5. The molecule has 3 aromatic rings. The first kappa shape index (κ1) is 25.4. The molecule has 0 spiro atoms. The van der Waals surface area contributed by atoms with E-state index >= 15 is 0 Å². The summed E-state index contributed by atoms with van der Waals surface area (Å²) in [7, 11) is 0. The molecule has 0 radical (unpaired) electrons. The highest BCUT2D eigenvalue weighted by atomic mass is 19.4. The zero-order valence-corrected chi connectivity index (χ0v) is 18.0. The van der Waals surface area contributed by atoms with Crippen LogP contribution in [0, 0.1) is 0 Å². The van der Waals surface area contributed by atoms with Crippen molar-refractivity contribution in [2.75, 3.05) is 23.3 Å². The summed E-state index contributed by atoms with van der Waals surface area (Å²) >= 11 is 0. The molecular weight excluding hydrogens is 509 g/mol. The number of halogens is 9. The summed E-state index contributed by atoms with van der Waals surface area (Å²) in [6, 6.07) is 4.50. The molecule has 1 aliphatic rings. The standard InChI is InChI=1S/C20H14F9N7/c1-17(21)8-36(9-18(17,22)23)16-34-14(11-3-2-4-12(32-11)19(24,25)26)33-15(35-16)31-10-5-6-30-13(7-10)20(27,28)29/h2-7H,8-9H2,1H3,(H,30,31,33,34,35). The van der Waals surface area contributed by atoms with Gasteiger partial charge in [-0.2, -0.15) is 41.3 Å². The Morgan fingerprint density at radius 1 is 0.861 bits per heavy atom. The van der Waals surface area contributed by atoms with Crippen LogP contribution in [0.2, 0.25) is 0 Å². The molecule has 3 aromatic heterocycles. The van der Waals surface area contributed by atoms with Crippen molar-refractivity contribution >= 4 is 17.6 Å². The average molecular weight is 523 g/mol. The van der Waals surface area contributed by atoms with Crippen LogP contribution in [0.1, 0.15) is 18.3 Å². The zero-order valence-electron chi connectivity index (χ0n) is 18.0. The lowest BCUT2D eigenvalue weighted by Crippen LogP contribution is -2.39. The predicted molar refractivity (Wildman–Crippen MR) is 107 cm³/mol. The van der Waals surface area contributed by atoms with Gasteiger partial charge in [-0.05, 0) is 31.2 Å². The van der Waals surface area contributed by atoms with E-state index in [1.165, 1.54) is 0 Å². The smallest absolute Gasteiger partial charge is 0.331 e. The molecule has 4 rings (SSSR count). The molecular formula is C20H14F9N7. The molecule has 0 saturated carbocycles. The summed E-state index contributed by atoms with van der Waals surface area (Å²) in [6.45, 7) is -1.36. The van der Waals surface area contributed by atoms with Crippen LogP contribution in [0.25, 0.3) is 11.5 Å². The summed E-state index contributed by atoms with van der Waals surface area (Å²) in [4.78, 5) is 19.0. The minimum atomic E-state index is -4.83. The summed E-state index contributed by atoms with van der Waals surface area (Å²) in [6.07, 6.45) is -8.79. The van der Waals surface area contributed by atoms with Gasteiger partial charge in [-0.3, -0.25) is 4.98 Å². The second-order valence-corrected chi connectivity index (χ2v) is 8.00. The Morgan fingerprint density at radius 3 is 2.17 bits per heavy atom. The van der Waals surface area contributed by atoms with E-state index in [1.807, 2.05) is 0 Å². The molecule has 0 aromatic carbocycles. The van der Waals surface area contributed by atoms with E-state index in [0.29, 0.717) is 19.1 Å². The number of hydrogen-bond acceptors (Lipinski definition) is 7. The lowest BCUT2D eigenvalue weighted by Gasteiger charge is -2.19. The summed E-state index contributed by atoms with van der Waals surface area (Å²) in [5.74, 6) is -5.39. The van der Waals surface area contributed by atoms with E-state index in [1.54, 1.807) is 0 Å². The van der Waals surface area contributed by atoms with Crippen molar-refractivity contribution in [1.29, 1.82) is 0 Å². The lowest BCUT2D eigenvalue weighted by atomic mass is 10.1. The molecule has 36 heavy (non-hydrogen) atoms. The van der Waals surface area contributed by atoms with Gasteiger partial charge in [-0.25, -0.2) is 18.2 Å². The molecule has 7 nitrogen and oxygen atoms in total. The van der Waals surface area contributed by atoms with Crippen molar-refractivity contribution in [3.05, 3.63) is 47.9 Å². The topological polar surface area (TPSA) is 79.7 Å². The highest BCUT2D eigenvalue weighted by Gasteiger charge is 2.59. The number of pyridine rings is 2. The van der Waals surface area contributed by atoms with E-state index in [9.17, 15) is 39.5 Å². The van der Waals surface area contributed by atoms with Gasteiger partial charge in [0.15, 0.2) is 11.5 Å². The minimum absolute atomic E-state index is 0.223. The molecule has 1 fully saturated rings. The van der Waals surface area contributed by atoms with Crippen LogP contribution in [-0.4, -0.2) is 49.6 Å². The molecule has 1 N–H and O–H groups in total. The first-order valence-electron chi connectivity index (χ1n) is 9.98. The fourth-order valence-corrected chi connectivity index (χ4v) is 3.26. The maximum atomic E-state index is 14.4. The van der Waals surface area contributed by atoms with Crippen LogP contribution in [0.15, 0.2) is 36.5 Å². The van der Waals surface area contributed by atoms with E-state index in [0.717, 1.165) is 29.3 Å². The molecule has 0 aliphatic carbocycles. The summed E-state index contributed by atoms with van der Waals surface area (Å²) in [5, 5.41) is 2.42. The van der Waals surface area contributed by atoms with E-state index in [-0.39, 0.29) is 5.69 Å². The molecule has 1 aliphatic heterocycles. The number of nitrogens with zero attached hydrogens (tertiary/aromatic N) is 6. The summed E-state index contributed by atoms with van der Waals surface area (Å²) in [5.41, 5.74) is -6.21. The Bertz CT molecular complexity index is 1260. The van der Waals surface area contributed by atoms with Crippen molar-refractivity contribution in [3.63, 3.8) is 0 Å². The Labute approximate surface area is 196 Å². The minimum Gasteiger partial charge on any atom is -0.331 e. The second-order valence-electron chi connectivity index (χ2n) is 8.00.